The molecule has 152 valence electrons. The Bertz CT molecular complexity index is 1140. The zero-order chi connectivity index (χ0) is 21.2. The summed E-state index contributed by atoms with van der Waals surface area (Å²) in [5, 5.41) is 6.13. The average molecular weight is 423 g/mol. The van der Waals surface area contributed by atoms with Gasteiger partial charge in [-0.2, -0.15) is 18.3 Å². The van der Waals surface area contributed by atoms with E-state index >= 15 is 0 Å². The summed E-state index contributed by atoms with van der Waals surface area (Å²) >= 11 is 0. The Morgan fingerprint density at radius 3 is 2.31 bits per heavy atom. The number of nitrogens with one attached hydrogen (secondary N) is 1. The molecule has 0 radical (unpaired) electrons. The third-order valence-corrected chi connectivity index (χ3v) is 5.22. The molecule has 0 saturated heterocycles. The molecular formula is C19H16F3N3O3S. The topological polar surface area (TPSA) is 81.1 Å². The van der Waals surface area contributed by atoms with E-state index in [0.717, 1.165) is 17.0 Å². The maximum atomic E-state index is 12.6. The van der Waals surface area contributed by atoms with Gasteiger partial charge in [0.1, 0.15) is 0 Å². The van der Waals surface area contributed by atoms with Crippen LogP contribution in [0, 0.1) is 0 Å². The molecule has 3 aromatic rings. The lowest BCUT2D eigenvalue weighted by atomic mass is 10.2. The van der Waals surface area contributed by atoms with Crippen LogP contribution in [0.5, 0.6) is 0 Å². The third kappa shape index (κ3) is 4.83. The molecule has 0 saturated carbocycles. The zero-order valence-corrected chi connectivity index (χ0v) is 16.0. The molecular weight excluding hydrogens is 407 g/mol. The molecule has 29 heavy (non-hydrogen) atoms. The van der Waals surface area contributed by atoms with Crippen molar-refractivity contribution >= 4 is 15.7 Å². The Labute approximate surface area is 164 Å². The van der Waals surface area contributed by atoms with Gasteiger partial charge in [0.25, 0.3) is 5.91 Å². The molecule has 1 N–H and O–H groups in total. The molecule has 1 aromatic heterocycles. The van der Waals surface area contributed by atoms with Crippen LogP contribution in [0.4, 0.5) is 13.2 Å². The maximum Gasteiger partial charge on any atom is 0.435 e. The Hall–Kier alpha value is -3.14. The molecule has 0 atom stereocenters. The summed E-state index contributed by atoms with van der Waals surface area (Å²) in [6.07, 6.45) is -2.28. The molecule has 6 nitrogen and oxygen atoms in total. The minimum absolute atomic E-state index is 0.0443. The monoisotopic (exact) mass is 423 g/mol. The second-order valence-electron chi connectivity index (χ2n) is 6.26. The highest BCUT2D eigenvalue weighted by Gasteiger charge is 2.33. The maximum absolute atomic E-state index is 12.6. The standard InChI is InChI=1S/C19H16F3N3O3S/c1-29(27,28)16-5-3-2-4-15(16)18(26)23-12-13-6-8-14(9-7-13)25-11-10-17(24-25)19(20,21)22/h2-11H,12H2,1H3,(H,23,26). The average Bonchev–Trinajstić information content (AvgIpc) is 3.16. The Balaban J connectivity index is 1.70. The lowest BCUT2D eigenvalue weighted by Gasteiger charge is -2.09. The highest BCUT2D eigenvalue weighted by Crippen LogP contribution is 2.27. The summed E-state index contributed by atoms with van der Waals surface area (Å²) in [4.78, 5) is 12.3. The fourth-order valence-corrected chi connectivity index (χ4v) is 3.53. The number of aromatic nitrogens is 2. The van der Waals surface area contributed by atoms with Crippen molar-refractivity contribution in [1.82, 2.24) is 15.1 Å². The Morgan fingerprint density at radius 2 is 1.72 bits per heavy atom. The van der Waals surface area contributed by atoms with Gasteiger partial charge in [0.15, 0.2) is 15.5 Å². The second kappa shape index (κ2) is 7.70. The SMILES string of the molecule is CS(=O)(=O)c1ccccc1C(=O)NCc1ccc(-n2ccc(C(F)(F)F)n2)cc1. The van der Waals surface area contributed by atoms with Crippen LogP contribution in [0.15, 0.2) is 65.7 Å². The van der Waals surface area contributed by atoms with E-state index in [1.807, 2.05) is 0 Å². The summed E-state index contributed by atoms with van der Waals surface area (Å²) in [5.41, 5.74) is 0.168. The molecule has 0 unspecified atom stereocenters. The lowest BCUT2D eigenvalue weighted by Crippen LogP contribution is -2.24. The number of amides is 1. The molecule has 10 heteroatoms. The largest absolute Gasteiger partial charge is 0.435 e. The van der Waals surface area contributed by atoms with E-state index < -0.39 is 27.6 Å². The van der Waals surface area contributed by atoms with Crippen LogP contribution in [-0.4, -0.2) is 30.4 Å². The van der Waals surface area contributed by atoms with E-state index in [0.29, 0.717) is 11.3 Å². The zero-order valence-electron chi connectivity index (χ0n) is 15.1. The van der Waals surface area contributed by atoms with Gasteiger partial charge in [-0.1, -0.05) is 24.3 Å². The molecule has 3 rings (SSSR count). The molecule has 0 aliphatic carbocycles. The second-order valence-corrected chi connectivity index (χ2v) is 8.24. The van der Waals surface area contributed by atoms with Crippen LogP contribution in [0.2, 0.25) is 0 Å². The molecule has 0 aliphatic rings. The van der Waals surface area contributed by atoms with Gasteiger partial charge >= 0.3 is 6.18 Å². The summed E-state index contributed by atoms with van der Waals surface area (Å²) in [6.45, 7) is 0.115. The quantitative estimate of drug-likeness (QED) is 0.683. The summed E-state index contributed by atoms with van der Waals surface area (Å²) < 4.78 is 62.7. The predicted molar refractivity (Wildman–Crippen MR) is 99.3 cm³/mol. The van der Waals surface area contributed by atoms with Crippen molar-refractivity contribution in [3.8, 4) is 5.69 Å². The molecule has 2 aromatic carbocycles. The van der Waals surface area contributed by atoms with Crippen LogP contribution in [0.1, 0.15) is 21.6 Å². The van der Waals surface area contributed by atoms with Crippen LogP contribution in [-0.2, 0) is 22.6 Å². The van der Waals surface area contributed by atoms with Gasteiger partial charge in [-0.3, -0.25) is 4.79 Å². The van der Waals surface area contributed by atoms with Gasteiger partial charge in [0, 0.05) is 19.0 Å². The van der Waals surface area contributed by atoms with Crippen molar-refractivity contribution < 1.29 is 26.4 Å². The van der Waals surface area contributed by atoms with E-state index in [4.69, 9.17) is 0 Å². The molecule has 0 spiro atoms. The Kier molecular flexibility index (Phi) is 5.47. The molecule has 1 amide bonds. The van der Waals surface area contributed by atoms with Crippen LogP contribution in [0.3, 0.4) is 0 Å². The van der Waals surface area contributed by atoms with Gasteiger partial charge in [-0.25, -0.2) is 13.1 Å². The first-order chi connectivity index (χ1) is 13.6. The first kappa shape index (κ1) is 20.6. The van der Waals surface area contributed by atoms with E-state index in [-0.39, 0.29) is 17.0 Å². The van der Waals surface area contributed by atoms with Crippen molar-refractivity contribution in [1.29, 1.82) is 0 Å². The number of benzene rings is 2. The number of hydrogen-bond acceptors (Lipinski definition) is 4. The van der Waals surface area contributed by atoms with Gasteiger partial charge in [-0.15, -0.1) is 0 Å². The van der Waals surface area contributed by atoms with Gasteiger partial charge in [0.2, 0.25) is 0 Å². The van der Waals surface area contributed by atoms with Crippen LogP contribution >= 0.6 is 0 Å². The van der Waals surface area contributed by atoms with Crippen LogP contribution in [0.25, 0.3) is 5.69 Å². The minimum atomic E-state index is -4.52. The van der Waals surface area contributed by atoms with Crippen molar-refractivity contribution in [3.63, 3.8) is 0 Å². The van der Waals surface area contributed by atoms with Crippen molar-refractivity contribution in [2.75, 3.05) is 6.26 Å². The number of hydrogen-bond donors (Lipinski definition) is 1. The number of halogens is 3. The van der Waals surface area contributed by atoms with E-state index in [1.165, 1.54) is 24.4 Å². The fourth-order valence-electron chi connectivity index (χ4n) is 2.64. The predicted octanol–water partition coefficient (Wildman–Crippen LogP) is 3.22. The van der Waals surface area contributed by atoms with Crippen molar-refractivity contribution in [3.05, 3.63) is 77.6 Å². The van der Waals surface area contributed by atoms with E-state index in [1.54, 1.807) is 30.3 Å². The summed E-state index contributed by atoms with van der Waals surface area (Å²) in [5.74, 6) is -0.544. The number of carbonyl (C=O) groups excluding carboxylic acids is 1. The highest BCUT2D eigenvalue weighted by atomic mass is 32.2. The number of nitrogens with zero attached hydrogens (tertiary/aromatic N) is 2. The molecule has 0 fully saturated rings. The first-order valence-electron chi connectivity index (χ1n) is 8.35. The van der Waals surface area contributed by atoms with Crippen molar-refractivity contribution in [2.45, 2.75) is 17.6 Å². The van der Waals surface area contributed by atoms with Gasteiger partial charge in [0.05, 0.1) is 16.1 Å². The van der Waals surface area contributed by atoms with Gasteiger partial charge in [-0.05, 0) is 35.9 Å². The van der Waals surface area contributed by atoms with Crippen LogP contribution < -0.4 is 5.32 Å². The summed E-state index contributed by atoms with van der Waals surface area (Å²) in [6, 6.07) is 13.2. The Morgan fingerprint density at radius 1 is 1.07 bits per heavy atom. The lowest BCUT2D eigenvalue weighted by molar-refractivity contribution is -0.141. The normalized spacial score (nSPS) is 12.0. The number of carbonyl (C=O) groups is 1. The van der Waals surface area contributed by atoms with Gasteiger partial charge < -0.3 is 5.32 Å². The van der Waals surface area contributed by atoms with E-state index in [2.05, 4.69) is 10.4 Å². The number of alkyl halides is 3. The third-order valence-electron chi connectivity index (χ3n) is 4.06. The number of sulfone groups is 1. The smallest absolute Gasteiger partial charge is 0.348 e. The minimum Gasteiger partial charge on any atom is -0.348 e. The molecule has 0 bridgehead atoms. The molecule has 0 aliphatic heterocycles. The van der Waals surface area contributed by atoms with E-state index in [9.17, 15) is 26.4 Å². The first-order valence-corrected chi connectivity index (χ1v) is 10.2. The summed E-state index contributed by atoms with van der Waals surface area (Å²) in [7, 11) is -3.56. The highest BCUT2D eigenvalue weighted by molar-refractivity contribution is 7.90. The number of rotatable bonds is 5. The molecule has 1 heterocycles. The fraction of sp³-hybridized carbons (Fsp3) is 0.158. The van der Waals surface area contributed by atoms with Crippen molar-refractivity contribution in [2.24, 2.45) is 0 Å².